The number of carboxylic acid groups (broad SMARTS) is 1. The highest BCUT2D eigenvalue weighted by Crippen LogP contribution is 2.16. The molecule has 6 nitrogen and oxygen atoms in total. The first-order valence-electron chi connectivity index (χ1n) is 7.91. The van der Waals surface area contributed by atoms with Gasteiger partial charge in [-0.2, -0.15) is 0 Å². The van der Waals surface area contributed by atoms with Crippen LogP contribution >= 0.6 is 0 Å². The minimum atomic E-state index is -1.19. The second-order valence-corrected chi connectivity index (χ2v) is 5.50. The maximum Gasteiger partial charge on any atom is 0.409 e. The summed E-state index contributed by atoms with van der Waals surface area (Å²) in [6, 6.07) is 0. The number of rotatable bonds is 11. The van der Waals surface area contributed by atoms with Crippen molar-refractivity contribution >= 4 is 12.2 Å². The van der Waals surface area contributed by atoms with Crippen molar-refractivity contribution in [3.05, 3.63) is 0 Å². The van der Waals surface area contributed by atoms with Crippen LogP contribution in [0.5, 0.6) is 0 Å². The average molecular weight is 302 g/mol. The molecule has 0 bridgehead atoms. The second-order valence-electron chi connectivity index (χ2n) is 5.50. The van der Waals surface area contributed by atoms with Crippen molar-refractivity contribution in [3.8, 4) is 0 Å². The molecule has 0 saturated heterocycles. The van der Waals surface area contributed by atoms with E-state index in [0.717, 1.165) is 25.7 Å². The molecule has 1 unspecified atom stereocenters. The lowest BCUT2D eigenvalue weighted by Crippen LogP contribution is -2.50. The van der Waals surface area contributed by atoms with Crippen molar-refractivity contribution in [1.82, 2.24) is 10.6 Å². The summed E-state index contributed by atoms with van der Waals surface area (Å²) in [5.74, 6) is 0. The number of carbonyl (C=O) groups excluding carboxylic acids is 1. The van der Waals surface area contributed by atoms with Crippen molar-refractivity contribution in [3.63, 3.8) is 0 Å². The fourth-order valence-electron chi connectivity index (χ4n) is 2.04. The Morgan fingerprint density at radius 3 is 2.24 bits per heavy atom. The minimum Gasteiger partial charge on any atom is -0.465 e. The van der Waals surface area contributed by atoms with E-state index in [1.807, 2.05) is 6.92 Å². The highest BCUT2D eigenvalue weighted by molar-refractivity contribution is 5.69. The van der Waals surface area contributed by atoms with Gasteiger partial charge in [0.05, 0.1) is 0 Å². The monoisotopic (exact) mass is 302 g/mol. The van der Waals surface area contributed by atoms with Gasteiger partial charge in [0.2, 0.25) is 0 Å². The van der Waals surface area contributed by atoms with E-state index >= 15 is 0 Å². The summed E-state index contributed by atoms with van der Waals surface area (Å²) in [4.78, 5) is 22.5. The van der Waals surface area contributed by atoms with Crippen LogP contribution in [0, 0.1) is 0 Å². The molecule has 6 heteroatoms. The van der Waals surface area contributed by atoms with Crippen LogP contribution in [0.3, 0.4) is 0 Å². The average Bonchev–Trinajstić information content (AvgIpc) is 2.39. The lowest BCUT2D eigenvalue weighted by molar-refractivity contribution is -0.00523. The van der Waals surface area contributed by atoms with E-state index in [-0.39, 0.29) is 0 Å². The number of ether oxygens (including phenoxy) is 1. The molecule has 2 amide bonds. The summed E-state index contributed by atoms with van der Waals surface area (Å²) in [6.45, 7) is 6.29. The van der Waals surface area contributed by atoms with Crippen LogP contribution in [-0.4, -0.2) is 29.6 Å². The fourth-order valence-corrected chi connectivity index (χ4v) is 2.04. The van der Waals surface area contributed by atoms with Crippen molar-refractivity contribution in [2.75, 3.05) is 6.54 Å². The highest BCUT2D eigenvalue weighted by atomic mass is 16.6. The predicted octanol–water partition coefficient (Wildman–Crippen LogP) is 3.86. The zero-order valence-electron chi connectivity index (χ0n) is 13.5. The summed E-state index contributed by atoms with van der Waals surface area (Å²) in [5, 5.41) is 13.8. The van der Waals surface area contributed by atoms with E-state index in [1.165, 1.54) is 19.3 Å². The number of hydrogen-bond acceptors (Lipinski definition) is 3. The minimum absolute atomic E-state index is 0.458. The third-order valence-corrected chi connectivity index (χ3v) is 3.25. The van der Waals surface area contributed by atoms with Gasteiger partial charge < -0.3 is 15.2 Å². The summed E-state index contributed by atoms with van der Waals surface area (Å²) < 4.78 is 5.24. The molecule has 0 rings (SSSR count). The third-order valence-electron chi connectivity index (χ3n) is 3.25. The number of hydrogen-bond donors (Lipinski definition) is 3. The quantitative estimate of drug-likeness (QED) is 0.399. The van der Waals surface area contributed by atoms with Gasteiger partial charge in [0, 0.05) is 13.0 Å². The van der Waals surface area contributed by atoms with Crippen molar-refractivity contribution in [2.24, 2.45) is 0 Å². The maximum absolute atomic E-state index is 11.7. The van der Waals surface area contributed by atoms with Crippen LogP contribution < -0.4 is 10.6 Å². The number of amides is 2. The number of nitrogens with one attached hydrogen (secondary N) is 2. The molecule has 0 fully saturated rings. The largest absolute Gasteiger partial charge is 0.465 e. The third kappa shape index (κ3) is 10.9. The summed E-state index contributed by atoms with van der Waals surface area (Å²) in [7, 11) is 0. The van der Waals surface area contributed by atoms with E-state index in [2.05, 4.69) is 17.6 Å². The summed E-state index contributed by atoms with van der Waals surface area (Å²) in [5.41, 5.74) is -1.17. The molecule has 0 radical (unpaired) electrons. The van der Waals surface area contributed by atoms with E-state index < -0.39 is 17.9 Å². The van der Waals surface area contributed by atoms with E-state index in [0.29, 0.717) is 13.0 Å². The first kappa shape index (κ1) is 19.5. The molecule has 0 aliphatic rings. The van der Waals surface area contributed by atoms with Gasteiger partial charge in [-0.3, -0.25) is 5.32 Å². The van der Waals surface area contributed by atoms with Crippen molar-refractivity contribution < 1.29 is 19.4 Å². The molecule has 0 aliphatic carbocycles. The Labute approximate surface area is 127 Å². The first-order chi connectivity index (χ1) is 9.93. The molecular weight excluding hydrogens is 272 g/mol. The Morgan fingerprint density at radius 2 is 1.67 bits per heavy atom. The Balaban J connectivity index is 4.06. The van der Waals surface area contributed by atoms with Crippen molar-refractivity contribution in [1.29, 1.82) is 0 Å². The summed E-state index contributed by atoms with van der Waals surface area (Å²) in [6.07, 6.45) is 5.93. The molecule has 0 saturated carbocycles. The smallest absolute Gasteiger partial charge is 0.409 e. The molecule has 0 aliphatic heterocycles. The zero-order chi connectivity index (χ0) is 16.1. The van der Waals surface area contributed by atoms with Gasteiger partial charge in [-0.25, -0.2) is 9.59 Å². The van der Waals surface area contributed by atoms with Gasteiger partial charge in [0.1, 0.15) is 0 Å². The molecular formula is C15H30N2O4. The Morgan fingerprint density at radius 1 is 1.05 bits per heavy atom. The van der Waals surface area contributed by atoms with Crippen LogP contribution in [-0.2, 0) is 4.74 Å². The molecule has 0 heterocycles. The normalized spacial score (nSPS) is 13.3. The highest BCUT2D eigenvalue weighted by Gasteiger charge is 2.30. The van der Waals surface area contributed by atoms with Gasteiger partial charge in [-0.1, -0.05) is 46.0 Å². The molecule has 0 spiro atoms. The van der Waals surface area contributed by atoms with Crippen LogP contribution in [0.25, 0.3) is 0 Å². The molecule has 21 heavy (non-hydrogen) atoms. The predicted molar refractivity (Wildman–Crippen MR) is 82.3 cm³/mol. The van der Waals surface area contributed by atoms with E-state index in [1.54, 1.807) is 6.92 Å². The molecule has 0 aromatic carbocycles. The number of unbranched alkanes of at least 4 members (excludes halogenated alkanes) is 5. The molecule has 124 valence electrons. The zero-order valence-corrected chi connectivity index (χ0v) is 13.5. The molecule has 0 aromatic heterocycles. The topological polar surface area (TPSA) is 87.7 Å². The molecule has 0 aromatic rings. The van der Waals surface area contributed by atoms with Gasteiger partial charge in [0.15, 0.2) is 5.72 Å². The number of alkyl carbamates (subject to hydrolysis) is 1. The van der Waals surface area contributed by atoms with Crippen LogP contribution in [0.1, 0.15) is 72.1 Å². The van der Waals surface area contributed by atoms with Crippen molar-refractivity contribution in [2.45, 2.75) is 77.9 Å². The lowest BCUT2D eigenvalue weighted by Gasteiger charge is -2.29. The Kier molecular flexibility index (Phi) is 10.4. The molecule has 1 atom stereocenters. The van der Waals surface area contributed by atoms with Gasteiger partial charge in [-0.05, 0) is 19.8 Å². The standard InChI is InChI=1S/C15H30N2O4/c1-4-6-8-9-10-12-16-14(20)21-15(3,11-7-5-2)17-13(18)19/h17H,4-12H2,1-3H3,(H,16,20)(H,18,19). The fraction of sp³-hybridized carbons (Fsp3) is 0.867. The summed E-state index contributed by atoms with van der Waals surface area (Å²) >= 11 is 0. The lowest BCUT2D eigenvalue weighted by atomic mass is 10.1. The second kappa shape index (κ2) is 11.2. The van der Waals surface area contributed by atoms with Gasteiger partial charge >= 0.3 is 12.2 Å². The van der Waals surface area contributed by atoms with Gasteiger partial charge in [-0.15, -0.1) is 0 Å². The SMILES string of the molecule is CCCCCCCNC(=O)OC(C)(CCCC)NC(=O)O. The first-order valence-corrected chi connectivity index (χ1v) is 7.91. The van der Waals surface area contributed by atoms with E-state index in [4.69, 9.17) is 9.84 Å². The Hall–Kier alpha value is -1.46. The van der Waals surface area contributed by atoms with Crippen LogP contribution in [0.2, 0.25) is 0 Å². The van der Waals surface area contributed by atoms with Crippen LogP contribution in [0.15, 0.2) is 0 Å². The van der Waals surface area contributed by atoms with E-state index in [9.17, 15) is 9.59 Å². The van der Waals surface area contributed by atoms with Gasteiger partial charge in [0.25, 0.3) is 0 Å². The molecule has 3 N–H and O–H groups in total. The Bertz CT molecular complexity index is 310. The maximum atomic E-state index is 11.7. The number of carbonyl (C=O) groups is 2. The van der Waals surface area contributed by atoms with Crippen LogP contribution in [0.4, 0.5) is 9.59 Å².